The largest absolute Gasteiger partial charge is 0.490 e. The van der Waals surface area contributed by atoms with Gasteiger partial charge >= 0.3 is 10.1 Å². The molecule has 0 aliphatic carbocycles. The van der Waals surface area contributed by atoms with E-state index in [1.807, 2.05) is 0 Å². The number of rotatable bonds is 10. The van der Waals surface area contributed by atoms with E-state index in [1.165, 1.54) is 42.6 Å². The van der Waals surface area contributed by atoms with Crippen molar-refractivity contribution < 1.29 is 32.0 Å². The molecule has 186 valence electrons. The number of benzene rings is 3. The molecule has 0 unspecified atom stereocenters. The van der Waals surface area contributed by atoms with E-state index in [0.717, 1.165) is 30.3 Å². The van der Waals surface area contributed by atoms with Crippen LogP contribution in [-0.2, 0) is 10.1 Å². The number of nitro benzene ring substituents is 2. The molecule has 3 aromatic carbocycles. The van der Waals surface area contributed by atoms with Crippen molar-refractivity contribution in [2.45, 2.75) is 11.8 Å². The molecule has 1 N–H and O–H groups in total. The highest BCUT2D eigenvalue weighted by atomic mass is 32.2. The molecule has 0 heterocycles. The van der Waals surface area contributed by atoms with Crippen LogP contribution < -0.4 is 14.3 Å². The van der Waals surface area contributed by atoms with Gasteiger partial charge in [-0.2, -0.15) is 13.5 Å². The minimum atomic E-state index is -4.32. The predicted molar refractivity (Wildman–Crippen MR) is 127 cm³/mol. The lowest BCUT2D eigenvalue weighted by atomic mass is 10.2. The maximum atomic E-state index is 12.6. The number of nitrogens with zero attached hydrogens (tertiary/aromatic N) is 3. The Hall–Kier alpha value is -4.85. The van der Waals surface area contributed by atoms with Gasteiger partial charge in [0.2, 0.25) is 0 Å². The Bertz CT molecular complexity index is 1440. The Morgan fingerprint density at radius 1 is 0.972 bits per heavy atom. The number of nitro groups is 2. The van der Waals surface area contributed by atoms with E-state index in [1.54, 1.807) is 6.92 Å². The van der Waals surface area contributed by atoms with Crippen LogP contribution in [0.3, 0.4) is 0 Å². The Morgan fingerprint density at radius 3 is 2.31 bits per heavy atom. The van der Waals surface area contributed by atoms with Crippen LogP contribution in [0.25, 0.3) is 0 Å². The summed E-state index contributed by atoms with van der Waals surface area (Å²) in [5.74, 6) is -0.737. The first kappa shape index (κ1) is 25.8. The molecule has 0 atom stereocenters. The second-order valence-corrected chi connectivity index (χ2v) is 8.48. The molecule has 0 radical (unpaired) electrons. The van der Waals surface area contributed by atoms with Gasteiger partial charge in [-0.1, -0.05) is 6.07 Å². The average Bonchev–Trinajstić information content (AvgIpc) is 2.85. The number of ether oxygens (including phenoxy) is 1. The molecule has 14 heteroatoms. The molecule has 1 amide bonds. The summed E-state index contributed by atoms with van der Waals surface area (Å²) in [6.07, 6.45) is 1.26. The van der Waals surface area contributed by atoms with Crippen molar-refractivity contribution in [3.8, 4) is 11.5 Å². The van der Waals surface area contributed by atoms with Crippen LogP contribution in [0, 0.1) is 20.2 Å². The molecule has 0 aliphatic heterocycles. The van der Waals surface area contributed by atoms with Crippen molar-refractivity contribution in [2.24, 2.45) is 5.10 Å². The minimum Gasteiger partial charge on any atom is -0.490 e. The van der Waals surface area contributed by atoms with Crippen LogP contribution in [0.4, 0.5) is 11.4 Å². The normalized spacial score (nSPS) is 11.1. The van der Waals surface area contributed by atoms with Crippen molar-refractivity contribution in [3.05, 3.63) is 98.1 Å². The van der Waals surface area contributed by atoms with E-state index in [4.69, 9.17) is 8.92 Å². The zero-order valence-corrected chi connectivity index (χ0v) is 19.4. The lowest BCUT2D eigenvalue weighted by Gasteiger charge is -2.12. The van der Waals surface area contributed by atoms with Gasteiger partial charge in [0.25, 0.3) is 17.3 Å². The molecule has 3 aromatic rings. The van der Waals surface area contributed by atoms with Gasteiger partial charge in [0.15, 0.2) is 11.5 Å². The fourth-order valence-electron chi connectivity index (χ4n) is 2.83. The zero-order valence-electron chi connectivity index (χ0n) is 18.6. The summed E-state index contributed by atoms with van der Waals surface area (Å²) in [5.41, 5.74) is 2.18. The van der Waals surface area contributed by atoms with E-state index in [-0.39, 0.29) is 39.9 Å². The fourth-order valence-corrected chi connectivity index (χ4v) is 3.77. The highest BCUT2D eigenvalue weighted by Gasteiger charge is 2.21. The van der Waals surface area contributed by atoms with Crippen LogP contribution in [0.2, 0.25) is 0 Å². The maximum absolute atomic E-state index is 12.6. The summed E-state index contributed by atoms with van der Waals surface area (Å²) in [7, 11) is -4.32. The molecule has 0 bridgehead atoms. The third-order valence-corrected chi connectivity index (χ3v) is 5.75. The van der Waals surface area contributed by atoms with Gasteiger partial charge in [0.05, 0.1) is 22.7 Å². The first-order chi connectivity index (χ1) is 17.1. The van der Waals surface area contributed by atoms with Crippen molar-refractivity contribution in [3.63, 3.8) is 0 Å². The number of nitrogens with one attached hydrogen (secondary N) is 1. The van der Waals surface area contributed by atoms with Gasteiger partial charge in [-0.05, 0) is 48.9 Å². The number of non-ortho nitro benzene ring substituents is 2. The number of carbonyl (C=O) groups excluding carboxylic acids is 1. The number of carbonyl (C=O) groups is 1. The first-order valence-corrected chi connectivity index (χ1v) is 11.5. The standard InChI is InChI=1S/C22H18N4O9S/c1-2-34-21-12-15(14-23-24-22(27)16-4-3-5-18(13-16)26(30)31)6-11-20(21)35-36(32,33)19-9-7-17(8-10-19)25(28)29/h3-14H,2H2,1H3,(H,24,27)/b23-14-. The summed E-state index contributed by atoms with van der Waals surface area (Å²) in [4.78, 5) is 32.2. The minimum absolute atomic E-state index is 0.0385. The van der Waals surface area contributed by atoms with E-state index >= 15 is 0 Å². The molecule has 3 rings (SSSR count). The predicted octanol–water partition coefficient (Wildman–Crippen LogP) is 3.43. The Morgan fingerprint density at radius 2 is 1.67 bits per heavy atom. The van der Waals surface area contributed by atoms with Crippen LogP contribution >= 0.6 is 0 Å². The molecule has 36 heavy (non-hydrogen) atoms. The van der Waals surface area contributed by atoms with E-state index in [0.29, 0.717) is 5.56 Å². The number of hydrazone groups is 1. The summed E-state index contributed by atoms with van der Waals surface area (Å²) < 4.78 is 35.8. The first-order valence-electron chi connectivity index (χ1n) is 10.1. The SMILES string of the molecule is CCOc1cc(/C=N\NC(=O)c2cccc([N+](=O)[O-])c2)ccc1OS(=O)(=O)c1ccc([N+](=O)[O-])cc1. The van der Waals surface area contributed by atoms with Crippen molar-refractivity contribution in [1.29, 1.82) is 0 Å². The summed E-state index contributed by atoms with van der Waals surface area (Å²) in [5, 5.41) is 25.4. The summed E-state index contributed by atoms with van der Waals surface area (Å²) in [6, 6.07) is 13.5. The average molecular weight is 514 g/mol. The van der Waals surface area contributed by atoms with Crippen molar-refractivity contribution in [2.75, 3.05) is 6.61 Å². The summed E-state index contributed by atoms with van der Waals surface area (Å²) in [6.45, 7) is 1.85. The zero-order chi connectivity index (χ0) is 26.3. The van der Waals surface area contributed by atoms with Gasteiger partial charge in [-0.25, -0.2) is 5.43 Å². The molecule has 0 spiro atoms. The van der Waals surface area contributed by atoms with Crippen LogP contribution in [-0.4, -0.2) is 37.0 Å². The number of amides is 1. The Balaban J connectivity index is 1.75. The van der Waals surface area contributed by atoms with Crippen LogP contribution in [0.5, 0.6) is 11.5 Å². The monoisotopic (exact) mass is 514 g/mol. The molecular formula is C22H18N4O9S. The van der Waals surface area contributed by atoms with Crippen molar-refractivity contribution >= 4 is 33.6 Å². The molecule has 0 saturated heterocycles. The van der Waals surface area contributed by atoms with Gasteiger partial charge in [-0.3, -0.25) is 25.0 Å². The molecule has 13 nitrogen and oxygen atoms in total. The van der Waals surface area contributed by atoms with Crippen LogP contribution in [0.15, 0.2) is 76.7 Å². The van der Waals surface area contributed by atoms with Gasteiger partial charge in [0, 0.05) is 29.8 Å². The second kappa shape index (κ2) is 11.1. The third-order valence-electron chi connectivity index (χ3n) is 4.50. The highest BCUT2D eigenvalue weighted by Crippen LogP contribution is 2.31. The Labute approximate surface area is 204 Å². The quantitative estimate of drug-likeness (QED) is 0.183. The molecule has 0 aliphatic rings. The molecule has 0 aromatic heterocycles. The Kier molecular flexibility index (Phi) is 7.91. The van der Waals surface area contributed by atoms with Crippen molar-refractivity contribution in [1.82, 2.24) is 5.43 Å². The number of hydrogen-bond donors (Lipinski definition) is 1. The highest BCUT2D eigenvalue weighted by molar-refractivity contribution is 7.87. The molecule has 0 saturated carbocycles. The van der Waals surface area contributed by atoms with Gasteiger partial charge < -0.3 is 8.92 Å². The maximum Gasteiger partial charge on any atom is 0.339 e. The molecule has 0 fully saturated rings. The fraction of sp³-hybridized carbons (Fsp3) is 0.0909. The van der Waals surface area contributed by atoms with E-state index in [9.17, 15) is 33.4 Å². The third kappa shape index (κ3) is 6.38. The number of hydrogen-bond acceptors (Lipinski definition) is 10. The van der Waals surface area contributed by atoms with Gasteiger partial charge in [-0.15, -0.1) is 0 Å². The second-order valence-electron chi connectivity index (χ2n) is 6.93. The topological polar surface area (TPSA) is 180 Å². The van der Waals surface area contributed by atoms with E-state index in [2.05, 4.69) is 10.5 Å². The lowest BCUT2D eigenvalue weighted by molar-refractivity contribution is -0.385. The lowest BCUT2D eigenvalue weighted by Crippen LogP contribution is -2.17. The van der Waals surface area contributed by atoms with Gasteiger partial charge in [0.1, 0.15) is 4.90 Å². The van der Waals surface area contributed by atoms with Crippen LogP contribution in [0.1, 0.15) is 22.8 Å². The molecular weight excluding hydrogens is 496 g/mol. The summed E-state index contributed by atoms with van der Waals surface area (Å²) >= 11 is 0. The van der Waals surface area contributed by atoms with E-state index < -0.39 is 25.9 Å². The smallest absolute Gasteiger partial charge is 0.339 e.